The minimum Gasteiger partial charge on any atom is -0.311 e. The fourth-order valence-electron chi connectivity index (χ4n) is 1.84. The highest BCUT2D eigenvalue weighted by Crippen LogP contribution is 2.13. The van der Waals surface area contributed by atoms with Crippen molar-refractivity contribution in [2.24, 2.45) is 5.92 Å². The second-order valence-corrected chi connectivity index (χ2v) is 5.80. The highest BCUT2D eigenvalue weighted by Gasteiger charge is 2.10. The summed E-state index contributed by atoms with van der Waals surface area (Å²) >= 11 is 1.77. The van der Waals surface area contributed by atoms with E-state index in [0.717, 1.165) is 32.1 Å². The fraction of sp³-hybridized carbons (Fsp3) is 0.786. The Morgan fingerprint density at radius 1 is 1.39 bits per heavy atom. The molecular formula is C14H27N3S. The largest absolute Gasteiger partial charge is 0.311 e. The predicted octanol–water partition coefficient (Wildman–Crippen LogP) is 3.12. The van der Waals surface area contributed by atoms with Gasteiger partial charge in [-0.3, -0.25) is 4.90 Å². The molecule has 0 aromatic carbocycles. The van der Waals surface area contributed by atoms with E-state index in [2.05, 4.69) is 48.3 Å². The first kappa shape index (κ1) is 15.6. The number of nitrogens with one attached hydrogen (secondary N) is 1. The molecule has 18 heavy (non-hydrogen) atoms. The maximum atomic E-state index is 4.68. The molecule has 1 aromatic heterocycles. The maximum Gasteiger partial charge on any atom is 0.107 e. The third-order valence-electron chi connectivity index (χ3n) is 3.23. The second-order valence-electron chi connectivity index (χ2n) is 4.85. The highest BCUT2D eigenvalue weighted by atomic mass is 32.1. The van der Waals surface area contributed by atoms with Crippen LogP contribution >= 0.6 is 11.3 Å². The van der Waals surface area contributed by atoms with Gasteiger partial charge in [0.1, 0.15) is 5.01 Å². The van der Waals surface area contributed by atoms with Gasteiger partial charge < -0.3 is 5.32 Å². The van der Waals surface area contributed by atoms with Gasteiger partial charge in [0.2, 0.25) is 0 Å². The van der Waals surface area contributed by atoms with Crippen molar-refractivity contribution in [3.05, 3.63) is 16.1 Å². The average molecular weight is 269 g/mol. The van der Waals surface area contributed by atoms with Crippen LogP contribution in [-0.2, 0) is 13.1 Å². The van der Waals surface area contributed by atoms with Crippen molar-refractivity contribution in [1.29, 1.82) is 0 Å². The van der Waals surface area contributed by atoms with Gasteiger partial charge in [-0.1, -0.05) is 34.1 Å². The monoisotopic (exact) mass is 269 g/mol. The molecule has 0 spiro atoms. The number of aromatic nitrogens is 1. The van der Waals surface area contributed by atoms with E-state index in [1.54, 1.807) is 11.3 Å². The van der Waals surface area contributed by atoms with Crippen LogP contribution in [0, 0.1) is 5.92 Å². The molecule has 0 saturated carbocycles. The first-order valence-electron chi connectivity index (χ1n) is 7.05. The zero-order valence-electron chi connectivity index (χ0n) is 12.2. The molecule has 0 aliphatic carbocycles. The molecule has 0 saturated heterocycles. The van der Waals surface area contributed by atoms with Crippen LogP contribution in [0.2, 0.25) is 0 Å². The zero-order chi connectivity index (χ0) is 13.4. The first-order chi connectivity index (χ1) is 8.69. The lowest BCUT2D eigenvalue weighted by Crippen LogP contribution is -2.28. The predicted molar refractivity (Wildman–Crippen MR) is 79.9 cm³/mol. The fourth-order valence-corrected chi connectivity index (χ4v) is 2.59. The Morgan fingerprint density at radius 3 is 2.78 bits per heavy atom. The molecule has 1 heterocycles. The van der Waals surface area contributed by atoms with Gasteiger partial charge in [-0.25, -0.2) is 4.98 Å². The van der Waals surface area contributed by atoms with Crippen LogP contribution in [0.15, 0.2) is 5.38 Å². The van der Waals surface area contributed by atoms with Crippen LogP contribution in [0.5, 0.6) is 0 Å². The van der Waals surface area contributed by atoms with Crippen LogP contribution in [-0.4, -0.2) is 29.5 Å². The van der Waals surface area contributed by atoms with Gasteiger partial charge in [0.05, 0.1) is 5.69 Å². The van der Waals surface area contributed by atoms with Crippen LogP contribution in [0.1, 0.15) is 44.8 Å². The summed E-state index contributed by atoms with van der Waals surface area (Å²) in [5.41, 5.74) is 1.22. The Balaban J connectivity index is 2.46. The first-order valence-corrected chi connectivity index (χ1v) is 7.93. The van der Waals surface area contributed by atoms with Crippen LogP contribution in [0.25, 0.3) is 0 Å². The maximum absolute atomic E-state index is 4.68. The number of rotatable bonds is 9. The summed E-state index contributed by atoms with van der Waals surface area (Å²) in [5, 5.41) is 6.72. The van der Waals surface area contributed by atoms with E-state index in [9.17, 15) is 0 Å². The summed E-state index contributed by atoms with van der Waals surface area (Å²) in [6, 6.07) is 0. The number of nitrogens with zero attached hydrogens (tertiary/aromatic N) is 2. The van der Waals surface area contributed by atoms with Gasteiger partial charge in [-0.05, 0) is 19.0 Å². The van der Waals surface area contributed by atoms with E-state index in [1.165, 1.54) is 23.7 Å². The minimum atomic E-state index is 0.768. The Bertz CT molecular complexity index is 325. The van der Waals surface area contributed by atoms with Crippen LogP contribution in [0.4, 0.5) is 0 Å². The van der Waals surface area contributed by atoms with Gasteiger partial charge >= 0.3 is 0 Å². The third-order valence-corrected chi connectivity index (χ3v) is 4.12. The highest BCUT2D eigenvalue weighted by molar-refractivity contribution is 7.09. The third kappa shape index (κ3) is 5.46. The quantitative estimate of drug-likeness (QED) is 0.746. The van der Waals surface area contributed by atoms with E-state index >= 15 is 0 Å². The van der Waals surface area contributed by atoms with Crippen molar-refractivity contribution in [3.63, 3.8) is 0 Å². The summed E-state index contributed by atoms with van der Waals surface area (Å²) in [6.07, 6.45) is 1.25. The molecule has 0 radical (unpaired) electrons. The molecule has 0 fully saturated rings. The van der Waals surface area contributed by atoms with Gasteiger partial charge in [-0.2, -0.15) is 0 Å². The Morgan fingerprint density at radius 2 is 2.17 bits per heavy atom. The topological polar surface area (TPSA) is 28.2 Å². The average Bonchev–Trinajstić information content (AvgIpc) is 2.82. The smallest absolute Gasteiger partial charge is 0.107 e. The minimum absolute atomic E-state index is 0.768. The van der Waals surface area contributed by atoms with Gasteiger partial charge in [-0.15, -0.1) is 11.3 Å². The van der Waals surface area contributed by atoms with Gasteiger partial charge in [0.15, 0.2) is 0 Å². The lowest BCUT2D eigenvalue weighted by Gasteiger charge is -2.22. The van der Waals surface area contributed by atoms with Gasteiger partial charge in [0.25, 0.3) is 0 Å². The second kappa shape index (κ2) is 8.62. The lowest BCUT2D eigenvalue weighted by atomic mass is 10.1. The summed E-state index contributed by atoms with van der Waals surface area (Å²) in [4.78, 5) is 7.17. The zero-order valence-corrected chi connectivity index (χ0v) is 13.0. The van der Waals surface area contributed by atoms with Crippen molar-refractivity contribution in [2.45, 2.75) is 47.2 Å². The summed E-state index contributed by atoms with van der Waals surface area (Å²) in [7, 11) is 0. The van der Waals surface area contributed by atoms with Crippen LogP contribution < -0.4 is 5.32 Å². The molecule has 0 aliphatic heterocycles. The van der Waals surface area contributed by atoms with Crippen molar-refractivity contribution in [3.8, 4) is 0 Å². The van der Waals surface area contributed by atoms with Gasteiger partial charge in [0, 0.05) is 25.0 Å². The van der Waals surface area contributed by atoms with E-state index in [1.807, 2.05) is 0 Å². The van der Waals surface area contributed by atoms with Crippen LogP contribution in [0.3, 0.4) is 0 Å². The standard InChI is InChI=1S/C14H27N3S/c1-5-12(4)9-17(7-3)10-13-11-18-14(16-13)8-15-6-2/h11-12,15H,5-10H2,1-4H3. The molecule has 3 nitrogen and oxygen atoms in total. The Kier molecular flexibility index (Phi) is 7.47. The molecular weight excluding hydrogens is 242 g/mol. The molecule has 1 N–H and O–H groups in total. The van der Waals surface area contributed by atoms with E-state index in [-0.39, 0.29) is 0 Å². The number of thiazole rings is 1. The van der Waals surface area contributed by atoms with Crippen molar-refractivity contribution >= 4 is 11.3 Å². The molecule has 1 rings (SSSR count). The number of hydrogen-bond acceptors (Lipinski definition) is 4. The summed E-state index contributed by atoms with van der Waals surface area (Å²) in [5.74, 6) is 0.768. The molecule has 1 unspecified atom stereocenters. The van der Waals surface area contributed by atoms with Crippen molar-refractivity contribution in [1.82, 2.24) is 15.2 Å². The van der Waals surface area contributed by atoms with E-state index in [0.29, 0.717) is 0 Å². The molecule has 104 valence electrons. The molecule has 4 heteroatoms. The number of hydrogen-bond donors (Lipinski definition) is 1. The molecule has 1 aromatic rings. The molecule has 1 atom stereocenters. The lowest BCUT2D eigenvalue weighted by molar-refractivity contribution is 0.236. The van der Waals surface area contributed by atoms with Crippen molar-refractivity contribution in [2.75, 3.05) is 19.6 Å². The van der Waals surface area contributed by atoms with E-state index < -0.39 is 0 Å². The molecule has 0 bridgehead atoms. The Hall–Kier alpha value is -0.450. The van der Waals surface area contributed by atoms with E-state index in [4.69, 9.17) is 0 Å². The Labute approximate surface area is 116 Å². The van der Waals surface area contributed by atoms with Crippen molar-refractivity contribution < 1.29 is 0 Å². The molecule has 0 aliphatic rings. The summed E-state index contributed by atoms with van der Waals surface area (Å²) in [6.45, 7) is 14.1. The summed E-state index contributed by atoms with van der Waals surface area (Å²) < 4.78 is 0. The normalized spacial score (nSPS) is 13.2. The SMILES string of the molecule is CCNCc1nc(CN(CC)CC(C)CC)cs1. The molecule has 0 amide bonds.